The van der Waals surface area contributed by atoms with Crippen LogP contribution in [-0.2, 0) is 34.9 Å². The van der Waals surface area contributed by atoms with Gasteiger partial charge in [-0.3, -0.25) is 4.79 Å². The molecule has 2 aromatic rings. The number of nitrogens with zero attached hydrogens (tertiary/aromatic N) is 2. The van der Waals surface area contributed by atoms with Crippen LogP contribution in [-0.4, -0.2) is 139 Å². The van der Waals surface area contributed by atoms with E-state index in [0.717, 1.165) is 150 Å². The van der Waals surface area contributed by atoms with Crippen LogP contribution in [0.1, 0.15) is 166 Å². The van der Waals surface area contributed by atoms with Gasteiger partial charge in [-0.2, -0.15) is 0 Å². The summed E-state index contributed by atoms with van der Waals surface area (Å²) >= 11 is 17.2. The van der Waals surface area contributed by atoms with Crippen LogP contribution < -0.4 is 16.4 Å². The number of rotatable bonds is 28. The number of likely N-dealkylation sites (N-methyl/N-ethyl adjacent to an activating group) is 1. The summed E-state index contributed by atoms with van der Waals surface area (Å²) < 4.78 is 20.0. The van der Waals surface area contributed by atoms with Crippen molar-refractivity contribution in [2.75, 3.05) is 87.4 Å². The predicted molar refractivity (Wildman–Crippen MR) is 368 cm³/mol. The summed E-state index contributed by atoms with van der Waals surface area (Å²) in [6.07, 6.45) is 26.2. The number of likely N-dealkylation sites (tertiary alicyclic amines) is 1. The van der Waals surface area contributed by atoms with Crippen LogP contribution in [0.25, 0.3) is 0 Å². The van der Waals surface area contributed by atoms with Crippen LogP contribution in [0.2, 0.25) is 35.7 Å². The van der Waals surface area contributed by atoms with Crippen molar-refractivity contribution in [3.05, 3.63) is 82.0 Å². The second-order valence-electron chi connectivity index (χ2n) is 30.4. The molecule has 18 heteroatoms. The maximum absolute atomic E-state index is 13.8. The van der Waals surface area contributed by atoms with E-state index in [-0.39, 0.29) is 29.9 Å². The van der Waals surface area contributed by atoms with Gasteiger partial charge < -0.3 is 55.3 Å². The van der Waals surface area contributed by atoms with Crippen LogP contribution in [0.4, 0.5) is 9.59 Å². The molecule has 2 amide bonds. The zero-order chi connectivity index (χ0) is 65.3. The van der Waals surface area contributed by atoms with Crippen molar-refractivity contribution >= 4 is 60.3 Å². The number of ether oxygens (including phenoxy) is 4. The maximum atomic E-state index is 13.8. The molecule has 90 heavy (non-hydrogen) atoms. The van der Waals surface area contributed by atoms with Crippen LogP contribution in [0.3, 0.4) is 0 Å². The average Bonchev–Trinajstić information content (AvgIpc) is 1.58. The molecular weight excluding hydrogens is 1210 g/mol. The largest absolute Gasteiger partial charge is 0.450 e. The van der Waals surface area contributed by atoms with E-state index < -0.39 is 24.7 Å². The number of nitrogens with one attached hydrogen (secondary N) is 2. The van der Waals surface area contributed by atoms with Gasteiger partial charge in [-0.05, 0) is 262 Å². The van der Waals surface area contributed by atoms with Crippen LogP contribution >= 0.6 is 34.8 Å². The standard InChI is InChI=1S/C32H49ClN2O3.C19H36N2O2Si.C17H26ClNO2.C4H5ClO2/c1-34-21-25(20-31-18-23-13-24(19-31)15-28(31)14-23)16-30(36)35-11-6-8-27(22-35)32(37,10-3-4-12-38-2)26-7-5-9-29(33)17-26;1-21(18(22)23-5-6-24(2,3)4)13-17(20)12-19-10-14-7-15(11-19)9-16(19)8-14;1-21-11-3-2-9-17(20,15-7-5-10-19-13-15)14-6-4-8-16(18)12-14;1-3(2)7-4(5)6/h5,7,9,17,23-25,27-28,34,37H,3-4,6,8,10-16,18-22H2,1-2H3;14-17H,5-13,20H2,1-4H3;4,6,8,12,15,19-20H,2-3,5,7,9-11,13H2,1H3;1H2,2H3/t23?,24?,25-,27+,28?,31?,32+;14?,15?,16?,17-,19?;15-,17-;/m001./s1. The van der Waals surface area contributed by atoms with E-state index in [1.54, 1.807) is 26.0 Å². The first-order valence-corrected chi connectivity index (χ1v) is 39.4. The molecule has 10 aliphatic rings. The second kappa shape index (κ2) is 34.7. The number of carbonyl (C=O) groups excluding carboxylic acids is 3. The van der Waals surface area contributed by atoms with Crippen molar-refractivity contribution in [2.45, 2.75) is 198 Å². The van der Waals surface area contributed by atoms with Gasteiger partial charge >= 0.3 is 11.5 Å². The minimum atomic E-state index is -1.15. The molecule has 8 saturated carbocycles. The van der Waals surface area contributed by atoms with Crippen LogP contribution in [0.5, 0.6) is 0 Å². The first-order chi connectivity index (χ1) is 42.8. The molecule has 2 aromatic carbocycles. The maximum Gasteiger partial charge on any atom is 0.409 e. The lowest BCUT2D eigenvalue weighted by Gasteiger charge is -2.43. The highest BCUT2D eigenvalue weighted by atomic mass is 35.5. The summed E-state index contributed by atoms with van der Waals surface area (Å²) in [7, 11) is 6.13. The lowest BCUT2D eigenvalue weighted by atomic mass is 9.70. The number of allylic oxidation sites excluding steroid dienone is 1. The number of halogens is 3. The molecule has 0 aromatic heterocycles. The number of nitrogens with two attached hydrogens (primary N) is 1. The van der Waals surface area contributed by atoms with Crippen LogP contribution in [0.15, 0.2) is 60.9 Å². The van der Waals surface area contributed by atoms with E-state index >= 15 is 0 Å². The van der Waals surface area contributed by atoms with Gasteiger partial charge in [0.15, 0.2) is 0 Å². The zero-order valence-electron chi connectivity index (χ0n) is 56.3. The number of unbranched alkanes of at least 4 members (excludes halogenated alkanes) is 2. The van der Waals surface area contributed by atoms with E-state index in [1.165, 1.54) is 70.6 Å². The molecule has 508 valence electrons. The predicted octanol–water partition coefficient (Wildman–Crippen LogP) is 15.2. The Hall–Kier alpha value is -2.80. The smallest absolute Gasteiger partial charge is 0.409 e. The molecule has 6 N–H and O–H groups in total. The van der Waals surface area contributed by atoms with Gasteiger partial charge in [-0.15, -0.1) is 0 Å². The molecule has 0 spiro atoms. The summed E-state index contributed by atoms with van der Waals surface area (Å²) in [6.45, 7) is 18.6. The van der Waals surface area contributed by atoms with E-state index in [4.69, 9.17) is 54.7 Å². The number of amides is 2. The fraction of sp³-hybridized carbons (Fsp3) is 0.764. The summed E-state index contributed by atoms with van der Waals surface area (Å²) in [5, 5.41) is 31.7. The van der Waals surface area contributed by atoms with Gasteiger partial charge in [0.1, 0.15) is 0 Å². The van der Waals surface area contributed by atoms with Crippen molar-refractivity contribution in [1.29, 1.82) is 0 Å². The number of benzene rings is 2. The lowest BCUT2D eigenvalue weighted by molar-refractivity contribution is -0.138. The number of hydrogen-bond acceptors (Lipinski definition) is 12. The van der Waals surface area contributed by atoms with E-state index in [2.05, 4.69) is 46.5 Å². The van der Waals surface area contributed by atoms with E-state index in [1.807, 2.05) is 62.6 Å². The highest BCUT2D eigenvalue weighted by Crippen LogP contribution is 2.68. The first-order valence-electron chi connectivity index (χ1n) is 34.6. The van der Waals surface area contributed by atoms with Crippen molar-refractivity contribution in [3.8, 4) is 0 Å². The molecule has 14 nitrogen and oxygen atoms in total. The Balaban J connectivity index is 0.000000191. The van der Waals surface area contributed by atoms with E-state index in [9.17, 15) is 24.6 Å². The molecule has 10 fully saturated rings. The molecule has 8 bridgehead atoms. The highest BCUT2D eigenvalue weighted by Gasteiger charge is 2.59. The van der Waals surface area contributed by atoms with E-state index in [0.29, 0.717) is 71.7 Å². The Bertz CT molecular complexity index is 2550. The average molecular weight is 1330 g/mol. The first kappa shape index (κ1) is 74.6. The molecule has 2 heterocycles. The SMILES string of the molecule is C=C(C)OC(=O)Cl.CN(C[C@@H](N)CC12CC3CC(CC1C3)C2)C(=O)OCC[Si](C)(C)C.CNC[C@@H](CC(=O)N1CCC[C@@H]([C@@](O)(CCCCOC)c2cccc(Cl)c2)C1)CC12CC3CC(CC1C3)C2.COCCCC[C@@](O)(c1cccc(Cl)c1)[C@@H]1CCCNC1. The Morgan fingerprint density at radius 1 is 0.800 bits per heavy atom. The number of carbonyl (C=O) groups is 3. The minimum absolute atomic E-state index is 0.00344. The topological polar surface area (TPSA) is 185 Å². The van der Waals surface area contributed by atoms with Crippen molar-refractivity contribution in [1.82, 2.24) is 20.4 Å². The lowest BCUT2D eigenvalue weighted by Crippen LogP contribution is -2.48. The summed E-state index contributed by atoms with van der Waals surface area (Å²) in [4.78, 5) is 39.4. The Morgan fingerprint density at radius 3 is 1.78 bits per heavy atom. The second-order valence-corrected chi connectivity index (χ2v) is 37.3. The van der Waals surface area contributed by atoms with Gasteiger partial charge in [0, 0.05) is 115 Å². The molecule has 8 aliphatic carbocycles. The van der Waals surface area contributed by atoms with Gasteiger partial charge in [0.2, 0.25) is 5.91 Å². The molecule has 4 unspecified atom stereocenters. The minimum Gasteiger partial charge on any atom is -0.450 e. The fourth-order valence-electron chi connectivity index (χ4n) is 18.6. The van der Waals surface area contributed by atoms with Gasteiger partial charge in [0.25, 0.3) is 0 Å². The summed E-state index contributed by atoms with van der Waals surface area (Å²) in [5.41, 5.74) is 6.66. The van der Waals surface area contributed by atoms with Crippen LogP contribution in [0, 0.1) is 64.1 Å². The third-order valence-corrected chi connectivity index (χ3v) is 24.4. The summed E-state index contributed by atoms with van der Waals surface area (Å²) in [6, 6.07) is 16.5. The molecule has 2 saturated heterocycles. The molecule has 0 radical (unpaired) electrons. The monoisotopic (exact) mass is 1330 g/mol. The number of methoxy groups -OCH3 is 2. The number of hydrogen-bond donors (Lipinski definition) is 5. The van der Waals surface area contributed by atoms with Gasteiger partial charge in [0.05, 0.1) is 23.6 Å². The molecular formula is C72H116Cl3N5O9Si. The fourth-order valence-corrected chi connectivity index (χ4v) is 19.8. The summed E-state index contributed by atoms with van der Waals surface area (Å²) in [5.74, 6) is 6.90. The zero-order valence-corrected chi connectivity index (χ0v) is 59.6. The Kier molecular flexibility index (Phi) is 28.8. The van der Waals surface area contributed by atoms with Crippen molar-refractivity contribution in [2.24, 2.45) is 69.8 Å². The molecule has 2 aliphatic heterocycles. The molecule has 10 atom stereocenters. The van der Waals surface area contributed by atoms with Crippen molar-refractivity contribution in [3.63, 3.8) is 0 Å². The number of aliphatic hydroxyl groups is 2. The Labute approximate surface area is 557 Å². The quantitative estimate of drug-likeness (QED) is 0.0235. The molecule has 12 rings (SSSR count). The van der Waals surface area contributed by atoms with Crippen molar-refractivity contribution < 1.29 is 43.5 Å². The highest BCUT2D eigenvalue weighted by molar-refractivity contribution is 6.76. The third-order valence-electron chi connectivity index (χ3n) is 22.2. The third kappa shape index (κ3) is 21.1. The Morgan fingerprint density at radius 2 is 1.32 bits per heavy atom. The number of piperidine rings is 2. The van der Waals surface area contributed by atoms with Gasteiger partial charge in [-0.25, -0.2) is 9.59 Å². The normalized spacial score (nSPS) is 28.8. The van der Waals surface area contributed by atoms with Gasteiger partial charge in [-0.1, -0.05) is 73.7 Å².